The van der Waals surface area contributed by atoms with Gasteiger partial charge in [-0.05, 0) is 18.2 Å². The SMILES string of the molecule is O=C(O)c1cc(C(=O)O)c2c(c1)C(=O)C(=O)c1cc(C(=O)O)[nH]c1-2. The van der Waals surface area contributed by atoms with Crippen molar-refractivity contribution in [3.63, 3.8) is 0 Å². The molecule has 120 valence electrons. The Kier molecular flexibility index (Phi) is 3.08. The minimum Gasteiger partial charge on any atom is -0.478 e. The second-order valence-corrected chi connectivity index (χ2v) is 4.99. The van der Waals surface area contributed by atoms with Crippen molar-refractivity contribution in [2.75, 3.05) is 0 Å². The number of carboxylic acid groups (broad SMARTS) is 3. The van der Waals surface area contributed by atoms with Crippen molar-refractivity contribution in [1.82, 2.24) is 4.98 Å². The summed E-state index contributed by atoms with van der Waals surface area (Å²) >= 11 is 0. The predicted molar refractivity (Wildman–Crippen MR) is 75.8 cm³/mol. The Labute approximate surface area is 132 Å². The maximum atomic E-state index is 12.2. The van der Waals surface area contributed by atoms with Crippen LogP contribution in [-0.4, -0.2) is 49.8 Å². The number of H-pyrrole nitrogens is 1. The normalized spacial score (nSPS) is 12.5. The maximum absolute atomic E-state index is 12.2. The van der Waals surface area contributed by atoms with Gasteiger partial charge in [0.15, 0.2) is 0 Å². The summed E-state index contributed by atoms with van der Waals surface area (Å²) < 4.78 is 0. The summed E-state index contributed by atoms with van der Waals surface area (Å²) in [7, 11) is 0. The van der Waals surface area contributed by atoms with E-state index in [4.69, 9.17) is 10.2 Å². The van der Waals surface area contributed by atoms with Crippen LogP contribution in [0.5, 0.6) is 0 Å². The Hall–Kier alpha value is -3.75. The molecule has 0 saturated carbocycles. The van der Waals surface area contributed by atoms with Gasteiger partial charge < -0.3 is 20.3 Å². The van der Waals surface area contributed by atoms with Gasteiger partial charge in [-0.25, -0.2) is 14.4 Å². The first-order valence-electron chi connectivity index (χ1n) is 6.42. The van der Waals surface area contributed by atoms with Crippen LogP contribution in [0, 0.1) is 0 Å². The summed E-state index contributed by atoms with van der Waals surface area (Å²) in [5, 5.41) is 27.4. The topological polar surface area (TPSA) is 162 Å². The number of benzene rings is 1. The standard InChI is InChI=1S/C15H7NO8/c17-11-5-1-4(13(19)20)2-6(14(21)22)9(5)10-7(12(11)18)3-8(16-10)15(23)24/h1-3,16H,(H,19,20)(H,21,22)(H,23,24). The third kappa shape index (κ3) is 1.99. The van der Waals surface area contributed by atoms with Gasteiger partial charge in [0.1, 0.15) is 5.69 Å². The number of aromatic amines is 1. The first-order chi connectivity index (χ1) is 11.2. The lowest BCUT2D eigenvalue weighted by Crippen LogP contribution is -2.23. The van der Waals surface area contributed by atoms with Crippen molar-refractivity contribution in [1.29, 1.82) is 0 Å². The van der Waals surface area contributed by atoms with Crippen LogP contribution < -0.4 is 0 Å². The average molecular weight is 329 g/mol. The molecule has 0 saturated heterocycles. The van der Waals surface area contributed by atoms with Crippen LogP contribution in [-0.2, 0) is 0 Å². The molecule has 1 aliphatic carbocycles. The zero-order chi connectivity index (χ0) is 17.8. The van der Waals surface area contributed by atoms with Gasteiger partial charge in [-0.1, -0.05) is 0 Å². The molecule has 9 heteroatoms. The van der Waals surface area contributed by atoms with Gasteiger partial charge in [-0.2, -0.15) is 0 Å². The molecule has 0 unspecified atom stereocenters. The molecule has 0 bridgehead atoms. The van der Waals surface area contributed by atoms with Crippen LogP contribution in [0.1, 0.15) is 51.9 Å². The van der Waals surface area contributed by atoms with E-state index in [2.05, 4.69) is 4.98 Å². The molecule has 0 spiro atoms. The molecule has 0 amide bonds. The Bertz CT molecular complexity index is 982. The number of nitrogens with one attached hydrogen (secondary N) is 1. The lowest BCUT2D eigenvalue weighted by atomic mass is 9.84. The van der Waals surface area contributed by atoms with E-state index in [1.807, 2.05) is 0 Å². The number of ketones is 2. The lowest BCUT2D eigenvalue weighted by molar-refractivity contribution is 0.0679. The second kappa shape index (κ2) is 4.88. The summed E-state index contributed by atoms with van der Waals surface area (Å²) in [4.78, 5) is 60.4. The van der Waals surface area contributed by atoms with E-state index in [1.54, 1.807) is 0 Å². The molecule has 0 atom stereocenters. The zero-order valence-electron chi connectivity index (χ0n) is 11.6. The molecule has 1 heterocycles. The van der Waals surface area contributed by atoms with E-state index in [0.29, 0.717) is 0 Å². The Balaban J connectivity index is 2.43. The predicted octanol–water partition coefficient (Wildman–Crippen LogP) is 1.16. The molecule has 1 aromatic heterocycles. The summed E-state index contributed by atoms with van der Waals surface area (Å²) in [5.41, 5.74) is -2.40. The number of Topliss-reactive ketones (excluding diaryl/α,β-unsaturated/α-hetero) is 2. The van der Waals surface area contributed by atoms with Gasteiger partial charge in [0, 0.05) is 11.1 Å². The highest BCUT2D eigenvalue weighted by molar-refractivity contribution is 6.53. The average Bonchev–Trinajstić information content (AvgIpc) is 2.96. The third-order valence-electron chi connectivity index (χ3n) is 3.61. The molecule has 3 rings (SSSR count). The fraction of sp³-hybridized carbons (Fsp3) is 0. The summed E-state index contributed by atoms with van der Waals surface area (Å²) in [5.74, 6) is -6.53. The van der Waals surface area contributed by atoms with Crippen LogP contribution in [0.25, 0.3) is 11.3 Å². The largest absolute Gasteiger partial charge is 0.478 e. The van der Waals surface area contributed by atoms with Gasteiger partial charge in [0.25, 0.3) is 0 Å². The first kappa shape index (κ1) is 15.2. The van der Waals surface area contributed by atoms with E-state index >= 15 is 0 Å². The smallest absolute Gasteiger partial charge is 0.352 e. The van der Waals surface area contributed by atoms with E-state index in [0.717, 1.165) is 18.2 Å². The summed E-state index contributed by atoms with van der Waals surface area (Å²) in [6, 6.07) is 2.68. The number of hydrogen-bond acceptors (Lipinski definition) is 5. The van der Waals surface area contributed by atoms with Crippen LogP contribution >= 0.6 is 0 Å². The molecule has 0 aliphatic heterocycles. The highest BCUT2D eigenvalue weighted by Gasteiger charge is 2.36. The highest BCUT2D eigenvalue weighted by Crippen LogP contribution is 2.37. The molecule has 0 fully saturated rings. The minimum absolute atomic E-state index is 0.138. The number of aromatic carboxylic acids is 3. The van der Waals surface area contributed by atoms with Crippen LogP contribution in [0.4, 0.5) is 0 Å². The molecule has 4 N–H and O–H groups in total. The number of hydrogen-bond donors (Lipinski definition) is 4. The fourth-order valence-electron chi connectivity index (χ4n) is 2.57. The third-order valence-corrected chi connectivity index (χ3v) is 3.61. The van der Waals surface area contributed by atoms with Crippen molar-refractivity contribution in [2.24, 2.45) is 0 Å². The molecule has 1 aromatic carbocycles. The first-order valence-corrected chi connectivity index (χ1v) is 6.42. The van der Waals surface area contributed by atoms with Crippen LogP contribution in [0.2, 0.25) is 0 Å². The molecule has 0 radical (unpaired) electrons. The van der Waals surface area contributed by atoms with E-state index in [-0.39, 0.29) is 16.8 Å². The molecule has 2 aromatic rings. The number of aromatic nitrogens is 1. The molecular formula is C15H7NO8. The summed E-state index contributed by atoms with van der Waals surface area (Å²) in [6.07, 6.45) is 0. The minimum atomic E-state index is -1.52. The van der Waals surface area contributed by atoms with Gasteiger partial charge in [-0.15, -0.1) is 0 Å². The zero-order valence-corrected chi connectivity index (χ0v) is 11.6. The van der Waals surface area contributed by atoms with E-state index in [9.17, 15) is 29.1 Å². The van der Waals surface area contributed by atoms with Gasteiger partial charge in [0.2, 0.25) is 11.6 Å². The fourth-order valence-corrected chi connectivity index (χ4v) is 2.57. The van der Waals surface area contributed by atoms with Crippen molar-refractivity contribution < 1.29 is 39.3 Å². The monoisotopic (exact) mass is 329 g/mol. The Morgan fingerprint density at radius 2 is 1.42 bits per heavy atom. The van der Waals surface area contributed by atoms with Gasteiger partial charge >= 0.3 is 17.9 Å². The second-order valence-electron chi connectivity index (χ2n) is 4.99. The van der Waals surface area contributed by atoms with E-state index < -0.39 is 51.9 Å². The van der Waals surface area contributed by atoms with Crippen molar-refractivity contribution in [2.45, 2.75) is 0 Å². The summed E-state index contributed by atoms with van der Waals surface area (Å²) in [6.45, 7) is 0. The number of carboxylic acids is 3. The molecule has 1 aliphatic rings. The highest BCUT2D eigenvalue weighted by atomic mass is 16.4. The van der Waals surface area contributed by atoms with Gasteiger partial charge in [0.05, 0.1) is 22.4 Å². The number of carbonyl (C=O) groups excluding carboxylic acids is 2. The Morgan fingerprint density at radius 1 is 0.792 bits per heavy atom. The van der Waals surface area contributed by atoms with Gasteiger partial charge in [-0.3, -0.25) is 9.59 Å². The van der Waals surface area contributed by atoms with Crippen molar-refractivity contribution in [3.8, 4) is 11.3 Å². The maximum Gasteiger partial charge on any atom is 0.352 e. The van der Waals surface area contributed by atoms with Crippen molar-refractivity contribution in [3.05, 3.63) is 46.1 Å². The quantitative estimate of drug-likeness (QED) is 0.609. The van der Waals surface area contributed by atoms with Crippen LogP contribution in [0.3, 0.4) is 0 Å². The van der Waals surface area contributed by atoms with E-state index in [1.165, 1.54) is 0 Å². The molecule has 9 nitrogen and oxygen atoms in total. The van der Waals surface area contributed by atoms with Crippen LogP contribution in [0.15, 0.2) is 18.2 Å². The molecule has 24 heavy (non-hydrogen) atoms. The Morgan fingerprint density at radius 3 is 1.96 bits per heavy atom. The lowest BCUT2D eigenvalue weighted by Gasteiger charge is -2.17. The number of rotatable bonds is 3. The number of carbonyl (C=O) groups is 5. The molecular weight excluding hydrogens is 322 g/mol. The van der Waals surface area contributed by atoms with Crippen molar-refractivity contribution >= 4 is 29.5 Å². The number of fused-ring (bicyclic) bond motifs is 3.